The van der Waals surface area contributed by atoms with Gasteiger partial charge in [-0.25, -0.2) is 0 Å². The number of hydrogen-bond acceptors (Lipinski definition) is 4. The van der Waals surface area contributed by atoms with Crippen LogP contribution in [-0.4, -0.2) is 37.5 Å². The minimum absolute atomic E-state index is 0.0203. The molecular formula is C17H25NO3. The predicted molar refractivity (Wildman–Crippen MR) is 82.0 cm³/mol. The molecule has 3 atom stereocenters. The summed E-state index contributed by atoms with van der Waals surface area (Å²) in [5.74, 6) is 1.69. The second kappa shape index (κ2) is 6.24. The van der Waals surface area contributed by atoms with Crippen molar-refractivity contribution in [3.05, 3.63) is 24.3 Å². The van der Waals surface area contributed by atoms with Gasteiger partial charge in [-0.05, 0) is 38.3 Å². The molecule has 0 radical (unpaired) electrons. The highest BCUT2D eigenvalue weighted by Gasteiger charge is 2.32. The predicted octanol–water partition coefficient (Wildman–Crippen LogP) is 2.76. The molecule has 1 fully saturated rings. The van der Waals surface area contributed by atoms with Gasteiger partial charge in [-0.3, -0.25) is 0 Å². The van der Waals surface area contributed by atoms with Crippen LogP contribution in [0, 0.1) is 0 Å². The summed E-state index contributed by atoms with van der Waals surface area (Å²) in [6, 6.07) is 8.36. The van der Waals surface area contributed by atoms with Crippen molar-refractivity contribution in [3.63, 3.8) is 0 Å². The van der Waals surface area contributed by atoms with E-state index in [1.165, 1.54) is 0 Å². The molecule has 4 heteroatoms. The first-order chi connectivity index (χ1) is 10.2. The third-order valence-corrected chi connectivity index (χ3v) is 4.54. The van der Waals surface area contributed by atoms with Gasteiger partial charge in [0.2, 0.25) is 0 Å². The van der Waals surface area contributed by atoms with Gasteiger partial charge in [0, 0.05) is 19.2 Å². The van der Waals surface area contributed by atoms with Gasteiger partial charge in [0.25, 0.3) is 0 Å². The van der Waals surface area contributed by atoms with Crippen LogP contribution in [0.25, 0.3) is 0 Å². The third kappa shape index (κ3) is 3.50. The van der Waals surface area contributed by atoms with Crippen molar-refractivity contribution < 1.29 is 14.2 Å². The Balaban J connectivity index is 1.50. The lowest BCUT2D eigenvalue weighted by atomic mass is 9.90. The van der Waals surface area contributed by atoms with Crippen LogP contribution in [0.4, 0.5) is 0 Å². The lowest BCUT2D eigenvalue weighted by Crippen LogP contribution is -2.48. The van der Waals surface area contributed by atoms with E-state index >= 15 is 0 Å². The monoisotopic (exact) mass is 291 g/mol. The summed E-state index contributed by atoms with van der Waals surface area (Å²) in [4.78, 5) is 0. The number of nitrogens with one attached hydrogen (secondary N) is 1. The molecule has 1 aromatic carbocycles. The first kappa shape index (κ1) is 14.7. The molecule has 2 heterocycles. The SMILES string of the molecule is CCC1(C)CC(NCC2COc3ccccc3O2)CCO1. The van der Waals surface area contributed by atoms with E-state index in [9.17, 15) is 0 Å². The maximum Gasteiger partial charge on any atom is 0.161 e. The molecule has 1 N–H and O–H groups in total. The summed E-state index contributed by atoms with van der Waals surface area (Å²) < 4.78 is 17.6. The van der Waals surface area contributed by atoms with E-state index in [-0.39, 0.29) is 11.7 Å². The zero-order valence-corrected chi connectivity index (χ0v) is 12.9. The van der Waals surface area contributed by atoms with E-state index in [1.54, 1.807) is 0 Å². The first-order valence-corrected chi connectivity index (χ1v) is 7.94. The van der Waals surface area contributed by atoms with Gasteiger partial charge in [0.15, 0.2) is 11.5 Å². The van der Waals surface area contributed by atoms with Crippen molar-refractivity contribution >= 4 is 0 Å². The van der Waals surface area contributed by atoms with Crippen LogP contribution in [0.5, 0.6) is 11.5 Å². The summed E-state index contributed by atoms with van der Waals surface area (Å²) in [6.45, 7) is 6.67. The highest BCUT2D eigenvalue weighted by atomic mass is 16.6. The van der Waals surface area contributed by atoms with Gasteiger partial charge in [-0.1, -0.05) is 19.1 Å². The molecule has 21 heavy (non-hydrogen) atoms. The average Bonchev–Trinajstić information content (AvgIpc) is 2.53. The van der Waals surface area contributed by atoms with Gasteiger partial charge in [0.05, 0.1) is 5.60 Å². The van der Waals surface area contributed by atoms with Crippen LogP contribution < -0.4 is 14.8 Å². The molecule has 0 amide bonds. The van der Waals surface area contributed by atoms with E-state index in [0.29, 0.717) is 12.6 Å². The lowest BCUT2D eigenvalue weighted by molar-refractivity contribution is -0.0789. The number of para-hydroxylation sites is 2. The molecule has 2 aliphatic heterocycles. The third-order valence-electron chi connectivity index (χ3n) is 4.54. The number of benzene rings is 1. The van der Waals surface area contributed by atoms with E-state index in [4.69, 9.17) is 14.2 Å². The summed E-state index contributed by atoms with van der Waals surface area (Å²) in [6.07, 6.45) is 3.27. The molecule has 4 nitrogen and oxygen atoms in total. The van der Waals surface area contributed by atoms with Gasteiger partial charge >= 0.3 is 0 Å². The topological polar surface area (TPSA) is 39.7 Å². The van der Waals surface area contributed by atoms with E-state index < -0.39 is 0 Å². The Kier molecular flexibility index (Phi) is 4.36. The highest BCUT2D eigenvalue weighted by molar-refractivity contribution is 5.40. The Hall–Kier alpha value is -1.26. The Morgan fingerprint density at radius 1 is 1.29 bits per heavy atom. The minimum Gasteiger partial charge on any atom is -0.486 e. The lowest BCUT2D eigenvalue weighted by Gasteiger charge is -2.38. The average molecular weight is 291 g/mol. The van der Waals surface area contributed by atoms with Crippen LogP contribution in [0.2, 0.25) is 0 Å². The van der Waals surface area contributed by atoms with Crippen LogP contribution in [-0.2, 0) is 4.74 Å². The molecule has 0 aromatic heterocycles. The second-order valence-corrected chi connectivity index (χ2v) is 6.25. The standard InChI is InChI=1S/C17H25NO3/c1-3-17(2)10-13(8-9-20-17)18-11-14-12-19-15-6-4-5-7-16(15)21-14/h4-7,13-14,18H,3,8-12H2,1-2H3. The Labute approximate surface area is 126 Å². The maximum absolute atomic E-state index is 5.98. The van der Waals surface area contributed by atoms with Crippen LogP contribution in [0.1, 0.15) is 33.1 Å². The highest BCUT2D eigenvalue weighted by Crippen LogP contribution is 2.31. The van der Waals surface area contributed by atoms with Crippen molar-refractivity contribution in [3.8, 4) is 11.5 Å². The summed E-state index contributed by atoms with van der Waals surface area (Å²) >= 11 is 0. The molecular weight excluding hydrogens is 266 g/mol. The zero-order chi connectivity index (χ0) is 14.7. The fraction of sp³-hybridized carbons (Fsp3) is 0.647. The summed E-state index contributed by atoms with van der Waals surface area (Å²) in [5.41, 5.74) is 0.0203. The van der Waals surface area contributed by atoms with Crippen LogP contribution >= 0.6 is 0 Å². The number of hydrogen-bond donors (Lipinski definition) is 1. The van der Waals surface area contributed by atoms with Gasteiger partial charge in [-0.2, -0.15) is 0 Å². The van der Waals surface area contributed by atoms with Crippen LogP contribution in [0.3, 0.4) is 0 Å². The summed E-state index contributed by atoms with van der Waals surface area (Å²) in [7, 11) is 0. The van der Waals surface area contributed by atoms with Crippen molar-refractivity contribution in [2.24, 2.45) is 0 Å². The van der Waals surface area contributed by atoms with Crippen molar-refractivity contribution in [1.29, 1.82) is 0 Å². The van der Waals surface area contributed by atoms with Gasteiger partial charge in [0.1, 0.15) is 12.7 Å². The van der Waals surface area contributed by atoms with Crippen molar-refractivity contribution in [2.75, 3.05) is 19.8 Å². The zero-order valence-electron chi connectivity index (χ0n) is 12.9. The number of ether oxygens (including phenoxy) is 3. The summed E-state index contributed by atoms with van der Waals surface area (Å²) in [5, 5.41) is 3.63. The normalized spacial score (nSPS) is 31.9. The van der Waals surface area contributed by atoms with E-state index in [1.807, 2.05) is 24.3 Å². The molecule has 3 unspecified atom stereocenters. The molecule has 3 rings (SSSR count). The maximum atomic E-state index is 5.98. The first-order valence-electron chi connectivity index (χ1n) is 7.94. The Bertz CT molecular complexity index is 479. The van der Waals surface area contributed by atoms with Crippen molar-refractivity contribution in [2.45, 2.75) is 50.9 Å². The molecule has 0 spiro atoms. The van der Waals surface area contributed by atoms with E-state index in [0.717, 1.165) is 43.9 Å². The molecule has 0 aliphatic carbocycles. The molecule has 0 bridgehead atoms. The van der Waals surface area contributed by atoms with E-state index in [2.05, 4.69) is 19.2 Å². The Morgan fingerprint density at radius 3 is 2.90 bits per heavy atom. The molecule has 116 valence electrons. The number of fused-ring (bicyclic) bond motifs is 1. The number of rotatable bonds is 4. The molecule has 1 aromatic rings. The molecule has 2 aliphatic rings. The Morgan fingerprint density at radius 2 is 2.10 bits per heavy atom. The van der Waals surface area contributed by atoms with Gasteiger partial charge in [-0.15, -0.1) is 0 Å². The minimum atomic E-state index is 0.0203. The largest absolute Gasteiger partial charge is 0.486 e. The van der Waals surface area contributed by atoms with Gasteiger partial charge < -0.3 is 19.5 Å². The van der Waals surface area contributed by atoms with Crippen LogP contribution in [0.15, 0.2) is 24.3 Å². The fourth-order valence-corrected chi connectivity index (χ4v) is 3.01. The fourth-order valence-electron chi connectivity index (χ4n) is 3.01. The second-order valence-electron chi connectivity index (χ2n) is 6.25. The van der Waals surface area contributed by atoms with Crippen molar-refractivity contribution in [1.82, 2.24) is 5.32 Å². The molecule has 1 saturated heterocycles. The molecule has 0 saturated carbocycles. The quantitative estimate of drug-likeness (QED) is 0.926. The smallest absolute Gasteiger partial charge is 0.161 e.